The molecule has 0 radical (unpaired) electrons. The van der Waals surface area contributed by atoms with E-state index in [9.17, 15) is 10.1 Å². The summed E-state index contributed by atoms with van der Waals surface area (Å²) in [6, 6.07) is 7.72. The molecule has 0 aliphatic carbocycles. The van der Waals surface area contributed by atoms with Crippen LogP contribution in [0.1, 0.15) is 12.5 Å². The lowest BCUT2D eigenvalue weighted by molar-refractivity contribution is -0.422. The van der Waals surface area contributed by atoms with Crippen molar-refractivity contribution in [2.45, 2.75) is 6.92 Å². The molecule has 0 bridgehead atoms. The predicted octanol–water partition coefficient (Wildman–Crippen LogP) is 2.58. The van der Waals surface area contributed by atoms with Gasteiger partial charge in [-0.2, -0.15) is 0 Å². The third kappa shape index (κ3) is 1.88. The van der Waals surface area contributed by atoms with Crippen molar-refractivity contribution >= 4 is 11.6 Å². The fraction of sp³-hybridized carbons (Fsp3) is 0.0909. The van der Waals surface area contributed by atoms with Crippen LogP contribution >= 0.6 is 0 Å². The van der Waals surface area contributed by atoms with Gasteiger partial charge in [-0.1, -0.05) is 6.07 Å². The first kappa shape index (κ1) is 9.45. The van der Waals surface area contributed by atoms with Gasteiger partial charge in [-0.05, 0) is 23.8 Å². The normalized spacial score (nSPS) is 11.9. The molecule has 0 unspecified atom stereocenters. The number of nitrogens with zero attached hydrogens (tertiary/aromatic N) is 2. The molecule has 4 heteroatoms. The van der Waals surface area contributed by atoms with E-state index in [4.69, 9.17) is 0 Å². The number of nitro groups is 1. The van der Waals surface area contributed by atoms with Gasteiger partial charge < -0.3 is 4.40 Å². The van der Waals surface area contributed by atoms with Crippen LogP contribution in [0, 0.1) is 10.1 Å². The second kappa shape index (κ2) is 3.57. The molecule has 0 amide bonds. The van der Waals surface area contributed by atoms with E-state index in [2.05, 4.69) is 0 Å². The molecule has 0 aliphatic rings. The average Bonchev–Trinajstić information content (AvgIpc) is 2.59. The quantitative estimate of drug-likeness (QED) is 0.555. The van der Waals surface area contributed by atoms with Crippen LogP contribution in [0.15, 0.2) is 42.4 Å². The van der Waals surface area contributed by atoms with Crippen molar-refractivity contribution in [3.8, 4) is 0 Å². The zero-order valence-electron chi connectivity index (χ0n) is 8.25. The van der Waals surface area contributed by atoms with Crippen molar-refractivity contribution in [2.75, 3.05) is 0 Å². The minimum Gasteiger partial charge on any atom is -0.323 e. The Hall–Kier alpha value is -2.10. The molecule has 0 N–H and O–H groups in total. The maximum atomic E-state index is 10.4. The molecule has 2 aromatic rings. The summed E-state index contributed by atoms with van der Waals surface area (Å²) in [6.45, 7) is 1.49. The summed E-state index contributed by atoms with van der Waals surface area (Å²) in [5.41, 5.74) is 2.02. The predicted molar refractivity (Wildman–Crippen MR) is 58.0 cm³/mol. The Morgan fingerprint density at radius 2 is 2.33 bits per heavy atom. The largest absolute Gasteiger partial charge is 0.323 e. The molecule has 2 aromatic heterocycles. The van der Waals surface area contributed by atoms with Crippen LogP contribution in [0.4, 0.5) is 0 Å². The molecule has 2 rings (SSSR count). The minimum atomic E-state index is -0.387. The number of hydrogen-bond acceptors (Lipinski definition) is 2. The van der Waals surface area contributed by atoms with E-state index >= 15 is 0 Å². The Labute approximate surface area is 86.6 Å². The standard InChI is InChI=1S/C11H10N2O2/c1-9(13(14)15)6-10-7-11-4-2-3-5-12(11)8-10/h2-8H,1H3/b9-6+. The molecular weight excluding hydrogens is 192 g/mol. The van der Waals surface area contributed by atoms with Crippen LogP contribution in [-0.4, -0.2) is 9.32 Å². The van der Waals surface area contributed by atoms with Crippen LogP contribution < -0.4 is 0 Å². The van der Waals surface area contributed by atoms with E-state index < -0.39 is 0 Å². The Morgan fingerprint density at radius 1 is 1.53 bits per heavy atom. The van der Waals surface area contributed by atoms with Gasteiger partial charge in [0.15, 0.2) is 0 Å². The van der Waals surface area contributed by atoms with Crippen molar-refractivity contribution in [1.82, 2.24) is 4.40 Å². The van der Waals surface area contributed by atoms with Crippen LogP contribution in [0.3, 0.4) is 0 Å². The van der Waals surface area contributed by atoms with E-state index in [0.29, 0.717) is 0 Å². The second-order valence-corrected chi connectivity index (χ2v) is 3.35. The lowest BCUT2D eigenvalue weighted by Crippen LogP contribution is -1.92. The van der Waals surface area contributed by atoms with Gasteiger partial charge in [-0.25, -0.2) is 0 Å². The van der Waals surface area contributed by atoms with Crippen LogP contribution in [0.5, 0.6) is 0 Å². The molecule has 0 atom stereocenters. The molecule has 0 saturated heterocycles. The molecular formula is C11H10N2O2. The Morgan fingerprint density at radius 3 is 3.00 bits per heavy atom. The maximum Gasteiger partial charge on any atom is 0.243 e. The molecule has 0 aromatic carbocycles. The summed E-state index contributed by atoms with van der Waals surface area (Å²) in [5.74, 6) is 0. The Kier molecular flexibility index (Phi) is 2.25. The van der Waals surface area contributed by atoms with Gasteiger partial charge in [0, 0.05) is 30.9 Å². The maximum absolute atomic E-state index is 10.4. The molecule has 76 valence electrons. The van der Waals surface area contributed by atoms with Crippen molar-refractivity contribution in [2.24, 2.45) is 0 Å². The summed E-state index contributed by atoms with van der Waals surface area (Å²) < 4.78 is 1.93. The molecule has 0 fully saturated rings. The Bertz CT molecular complexity index is 507. The van der Waals surface area contributed by atoms with E-state index in [1.165, 1.54) is 6.92 Å². The van der Waals surface area contributed by atoms with Crippen LogP contribution in [0.25, 0.3) is 11.6 Å². The smallest absolute Gasteiger partial charge is 0.243 e. The number of aromatic nitrogens is 1. The van der Waals surface area contributed by atoms with Crippen LogP contribution in [-0.2, 0) is 0 Å². The second-order valence-electron chi connectivity index (χ2n) is 3.35. The third-order valence-electron chi connectivity index (χ3n) is 2.19. The van der Waals surface area contributed by atoms with Gasteiger partial charge in [0.05, 0.1) is 4.92 Å². The summed E-state index contributed by atoms with van der Waals surface area (Å²) >= 11 is 0. The number of pyridine rings is 1. The minimum absolute atomic E-state index is 0.144. The molecule has 0 aliphatic heterocycles. The van der Waals surface area contributed by atoms with E-state index in [-0.39, 0.29) is 10.6 Å². The first-order chi connectivity index (χ1) is 7.16. The highest BCUT2D eigenvalue weighted by Crippen LogP contribution is 2.13. The molecule has 2 heterocycles. The highest BCUT2D eigenvalue weighted by molar-refractivity contribution is 5.60. The van der Waals surface area contributed by atoms with Gasteiger partial charge in [-0.15, -0.1) is 0 Å². The molecule has 15 heavy (non-hydrogen) atoms. The van der Waals surface area contributed by atoms with E-state index in [1.54, 1.807) is 6.08 Å². The molecule has 0 saturated carbocycles. The molecule has 4 nitrogen and oxygen atoms in total. The summed E-state index contributed by atoms with van der Waals surface area (Å²) in [6.07, 6.45) is 5.34. The monoisotopic (exact) mass is 202 g/mol. The van der Waals surface area contributed by atoms with E-state index in [1.807, 2.05) is 41.1 Å². The van der Waals surface area contributed by atoms with Gasteiger partial charge in [-0.3, -0.25) is 10.1 Å². The third-order valence-corrected chi connectivity index (χ3v) is 2.19. The van der Waals surface area contributed by atoms with E-state index in [0.717, 1.165) is 11.1 Å². The number of rotatable bonds is 2. The van der Waals surface area contributed by atoms with Gasteiger partial charge in [0.25, 0.3) is 0 Å². The molecule has 0 spiro atoms. The zero-order chi connectivity index (χ0) is 10.8. The number of hydrogen-bond donors (Lipinski definition) is 0. The summed E-state index contributed by atoms with van der Waals surface area (Å²) in [4.78, 5) is 10.1. The average molecular weight is 202 g/mol. The van der Waals surface area contributed by atoms with Gasteiger partial charge in [0.2, 0.25) is 5.70 Å². The lowest BCUT2D eigenvalue weighted by Gasteiger charge is -1.89. The van der Waals surface area contributed by atoms with Gasteiger partial charge in [0.1, 0.15) is 0 Å². The van der Waals surface area contributed by atoms with Crippen molar-refractivity contribution in [1.29, 1.82) is 0 Å². The van der Waals surface area contributed by atoms with Crippen molar-refractivity contribution < 1.29 is 4.92 Å². The SMILES string of the molecule is C/C(=C\c1cc2ccccn2c1)[N+](=O)[O-]. The topological polar surface area (TPSA) is 47.5 Å². The summed E-state index contributed by atoms with van der Waals surface area (Å²) in [5, 5.41) is 10.4. The number of fused-ring (bicyclic) bond motifs is 1. The first-order valence-electron chi connectivity index (χ1n) is 4.56. The fourth-order valence-corrected chi connectivity index (χ4v) is 1.45. The summed E-state index contributed by atoms with van der Waals surface area (Å²) in [7, 11) is 0. The van der Waals surface area contributed by atoms with Crippen molar-refractivity contribution in [3.63, 3.8) is 0 Å². The highest BCUT2D eigenvalue weighted by Gasteiger charge is 2.03. The van der Waals surface area contributed by atoms with Crippen molar-refractivity contribution in [3.05, 3.63) is 58.0 Å². The lowest BCUT2D eigenvalue weighted by atomic mass is 10.3. The van der Waals surface area contributed by atoms with Crippen LogP contribution in [0.2, 0.25) is 0 Å². The number of allylic oxidation sites excluding steroid dienone is 1. The zero-order valence-corrected chi connectivity index (χ0v) is 8.25. The highest BCUT2D eigenvalue weighted by atomic mass is 16.6. The Balaban J connectivity index is 2.46. The van der Waals surface area contributed by atoms with Gasteiger partial charge >= 0.3 is 0 Å². The first-order valence-corrected chi connectivity index (χ1v) is 4.56. The fourth-order valence-electron chi connectivity index (χ4n) is 1.45.